The minimum absolute atomic E-state index is 0.154. The van der Waals surface area contributed by atoms with E-state index in [1.54, 1.807) is 0 Å². The quantitative estimate of drug-likeness (QED) is 0.0650. The molecule has 26 heteroatoms. The molecule has 6 aliphatic rings. The van der Waals surface area contributed by atoms with Crippen LogP contribution in [0.15, 0.2) is 86.1 Å². The highest BCUT2D eigenvalue weighted by Gasteiger charge is 2.45. The molecule has 0 saturated heterocycles. The number of nitrogens with zero attached hydrogens (tertiary/aromatic N) is 12. The molecule has 6 aliphatic carbocycles. The molecular formula is C42H58B2N12O12-2. The zero-order valence-corrected chi connectivity index (χ0v) is 37.9. The molecule has 0 aromatic heterocycles. The van der Waals surface area contributed by atoms with Crippen molar-refractivity contribution in [3.05, 3.63) is 24.3 Å². The average molecular weight is 945 g/mol. The first-order chi connectivity index (χ1) is 33.4. The topological polar surface area (TPSA) is 325 Å². The number of hydrogen-bond acceptors (Lipinski definition) is 24. The van der Waals surface area contributed by atoms with Crippen LogP contribution >= 0.6 is 0 Å². The lowest BCUT2D eigenvalue weighted by molar-refractivity contribution is 0.0794. The summed E-state index contributed by atoms with van der Waals surface area (Å²) in [5.74, 6) is 0. The lowest BCUT2D eigenvalue weighted by Gasteiger charge is -2.38. The van der Waals surface area contributed by atoms with Crippen molar-refractivity contribution in [2.45, 2.75) is 154 Å². The third-order valence-corrected chi connectivity index (χ3v) is 12.7. The molecule has 24 nitrogen and oxygen atoms in total. The molecule has 0 atom stereocenters. The van der Waals surface area contributed by atoms with Gasteiger partial charge in [-0.2, -0.15) is 0 Å². The van der Waals surface area contributed by atoms with Crippen LogP contribution in [0.25, 0.3) is 0 Å². The molecule has 366 valence electrons. The summed E-state index contributed by atoms with van der Waals surface area (Å²) in [6.45, 7) is -6.86. The van der Waals surface area contributed by atoms with Gasteiger partial charge < -0.3 is 59.8 Å². The van der Waals surface area contributed by atoms with E-state index in [9.17, 15) is 31.2 Å². The summed E-state index contributed by atoms with van der Waals surface area (Å²) in [7, 11) is 0. The van der Waals surface area contributed by atoms with E-state index >= 15 is 0 Å². The molecule has 1 aromatic carbocycles. The van der Waals surface area contributed by atoms with Gasteiger partial charge in [0.1, 0.15) is 34.3 Å². The van der Waals surface area contributed by atoms with E-state index in [1.807, 2.05) is 0 Å². The monoisotopic (exact) mass is 944 g/mol. The van der Waals surface area contributed by atoms with Crippen molar-refractivity contribution in [3.8, 4) is 0 Å². The third-order valence-electron chi connectivity index (χ3n) is 12.7. The Balaban J connectivity index is 1.40. The highest BCUT2D eigenvalue weighted by Crippen LogP contribution is 2.25. The van der Waals surface area contributed by atoms with Gasteiger partial charge in [-0.1, -0.05) is 66.1 Å². The van der Waals surface area contributed by atoms with Gasteiger partial charge in [-0.25, -0.2) is 0 Å². The summed E-state index contributed by atoms with van der Waals surface area (Å²) >= 11 is 0. The Morgan fingerprint density at radius 1 is 0.250 bits per heavy atom. The minimum Gasteiger partial charge on any atom is -0.536 e. The van der Waals surface area contributed by atoms with Crippen molar-refractivity contribution >= 4 is 93.0 Å². The second kappa shape index (κ2) is 24.1. The van der Waals surface area contributed by atoms with E-state index in [-0.39, 0.29) is 10.9 Å². The van der Waals surface area contributed by atoms with Crippen LogP contribution in [-0.4, -0.2) is 113 Å². The first-order valence-corrected chi connectivity index (χ1v) is 23.5. The predicted molar refractivity (Wildman–Crippen MR) is 254 cm³/mol. The summed E-state index contributed by atoms with van der Waals surface area (Å²) in [4.78, 5) is 0. The van der Waals surface area contributed by atoms with Gasteiger partial charge in [0.25, 0.3) is 0 Å². The van der Waals surface area contributed by atoms with Crippen LogP contribution in [-0.2, 0) is 28.5 Å². The van der Waals surface area contributed by atoms with Crippen molar-refractivity contribution in [1.82, 2.24) is 0 Å². The summed E-state index contributed by atoms with van der Waals surface area (Å²) in [6.07, 6.45) is 14.2. The number of oxime groups is 12. The Labute approximate surface area is 392 Å². The van der Waals surface area contributed by atoms with E-state index in [2.05, 4.69) is 61.9 Å². The molecule has 0 bridgehead atoms. The molecule has 0 heterocycles. The van der Waals surface area contributed by atoms with E-state index in [0.717, 1.165) is 77.0 Å². The second-order valence-electron chi connectivity index (χ2n) is 17.3. The Morgan fingerprint density at radius 3 is 0.544 bits per heavy atom. The SMILES string of the molecule is O/N=C1/CCCC/C1=N\O[B-](O/N=C1\CCCC\C1=N/O)(O/N=C1\CCCC\C1=N/O)c1ccc([B-](O/N=C2/CCCC/C2=N\O)(O/N=C2\CCCC\C2=N/O)O/N=C2\CCCC\C2=N/O)cc1. The van der Waals surface area contributed by atoms with Gasteiger partial charge in [0, 0.05) is 0 Å². The van der Waals surface area contributed by atoms with Crippen LogP contribution in [0.4, 0.5) is 0 Å². The summed E-state index contributed by atoms with van der Waals surface area (Å²) < 4.78 is 37.9. The summed E-state index contributed by atoms with van der Waals surface area (Å²) in [6, 6.07) is 6.13. The second-order valence-corrected chi connectivity index (χ2v) is 17.3. The summed E-state index contributed by atoms with van der Waals surface area (Å²) in [5, 5.41) is 107. The van der Waals surface area contributed by atoms with Gasteiger partial charge in [0.2, 0.25) is 0 Å². The first-order valence-electron chi connectivity index (χ1n) is 23.5. The van der Waals surface area contributed by atoms with Gasteiger partial charge in [-0.05, 0) is 154 Å². The lowest BCUT2D eigenvalue weighted by Crippen LogP contribution is -2.57. The molecule has 6 fully saturated rings. The average Bonchev–Trinajstić information content (AvgIpc) is 3.41. The molecule has 1 aromatic rings. The fraction of sp³-hybridized carbons (Fsp3) is 0.571. The Bertz CT molecular complexity index is 1950. The van der Waals surface area contributed by atoms with Gasteiger partial charge in [0.05, 0.1) is 34.3 Å². The van der Waals surface area contributed by atoms with Crippen molar-refractivity contribution in [3.63, 3.8) is 0 Å². The molecule has 0 amide bonds. The highest BCUT2D eigenvalue weighted by molar-refractivity contribution is 6.77. The maximum atomic E-state index is 9.90. The Hall–Kier alpha value is -7.01. The van der Waals surface area contributed by atoms with Gasteiger partial charge >= 0.3 is 13.5 Å². The molecule has 6 N–H and O–H groups in total. The molecular weight excluding hydrogens is 886 g/mol. The Morgan fingerprint density at radius 2 is 0.397 bits per heavy atom. The van der Waals surface area contributed by atoms with Crippen LogP contribution in [0.3, 0.4) is 0 Å². The molecule has 0 unspecified atom stereocenters. The molecule has 0 aliphatic heterocycles. The van der Waals surface area contributed by atoms with E-state index in [4.69, 9.17) is 28.5 Å². The fourth-order valence-electron chi connectivity index (χ4n) is 8.72. The predicted octanol–water partition coefficient (Wildman–Crippen LogP) is 6.64. The van der Waals surface area contributed by atoms with Crippen molar-refractivity contribution in [1.29, 1.82) is 0 Å². The largest absolute Gasteiger partial charge is 0.640 e. The van der Waals surface area contributed by atoms with Crippen molar-refractivity contribution in [2.75, 3.05) is 0 Å². The van der Waals surface area contributed by atoms with Gasteiger partial charge in [-0.3, -0.25) is 0 Å². The maximum Gasteiger partial charge on any atom is 0.640 e. The molecule has 0 spiro atoms. The third kappa shape index (κ3) is 11.9. The van der Waals surface area contributed by atoms with Gasteiger partial charge in [0.15, 0.2) is 0 Å². The molecule has 6 saturated carbocycles. The molecule has 68 heavy (non-hydrogen) atoms. The van der Waals surface area contributed by atoms with Crippen LogP contribution < -0.4 is 10.9 Å². The van der Waals surface area contributed by atoms with Crippen LogP contribution in [0.2, 0.25) is 0 Å². The van der Waals surface area contributed by atoms with Gasteiger partial charge in [-0.15, -0.1) is 30.9 Å². The summed E-state index contributed by atoms with van der Waals surface area (Å²) in [5.41, 5.74) is 4.22. The first kappa shape index (κ1) is 48.9. The van der Waals surface area contributed by atoms with E-state index < -0.39 is 13.5 Å². The number of hydrogen-bond donors (Lipinski definition) is 6. The van der Waals surface area contributed by atoms with E-state index in [0.29, 0.717) is 146 Å². The normalized spacial score (nSPS) is 27.3. The fourth-order valence-corrected chi connectivity index (χ4v) is 8.72. The smallest absolute Gasteiger partial charge is 0.536 e. The zero-order valence-electron chi connectivity index (χ0n) is 37.9. The lowest BCUT2D eigenvalue weighted by atomic mass is 9.65. The standard InChI is InChI=1S/C42H58B2N12O12/c57-45-31-13-1-7-19-37(31)51-63-43(64-52-38-20-8-2-14-32(38)46-58,65-53-39-21-9-3-15-33(39)47-59)29-25-27-30(28-26-29)44(66-54-40-22-10-4-16-34(40)48-60,67-55-41-23-11-5-17-35(41)49-61)68-56-42-24-12-6-18-36(42)50-62/h25-28,57-62H,1-24H2/q-2/b45-31-,46-32+,47-33+,48-34+,49-35+,50-36+,51-37+,52-38+,53-39+,54-40-,55-41+,56-42+. The zero-order chi connectivity index (χ0) is 47.6. The number of rotatable bonds is 14. The maximum absolute atomic E-state index is 9.90. The Kier molecular flexibility index (Phi) is 17.4. The number of benzene rings is 1. The molecule has 7 rings (SSSR count). The highest BCUT2D eigenvalue weighted by atomic mass is 16.9. The van der Waals surface area contributed by atoms with Crippen molar-refractivity contribution < 1.29 is 59.8 Å². The van der Waals surface area contributed by atoms with Crippen molar-refractivity contribution in [2.24, 2.45) is 61.9 Å². The minimum atomic E-state index is -3.43. The van der Waals surface area contributed by atoms with Crippen LogP contribution in [0.5, 0.6) is 0 Å². The molecule has 0 radical (unpaired) electrons. The van der Waals surface area contributed by atoms with E-state index in [1.165, 1.54) is 24.3 Å². The van der Waals surface area contributed by atoms with Crippen LogP contribution in [0, 0.1) is 0 Å². The van der Waals surface area contributed by atoms with Crippen LogP contribution in [0.1, 0.15) is 154 Å².